The molecular formula is C17H25FN2O3. The van der Waals surface area contributed by atoms with Crippen LogP contribution < -0.4 is 10.1 Å². The first-order chi connectivity index (χ1) is 11.0. The Labute approximate surface area is 136 Å². The molecule has 0 bridgehead atoms. The highest BCUT2D eigenvalue weighted by atomic mass is 19.1. The van der Waals surface area contributed by atoms with Crippen LogP contribution in [0.2, 0.25) is 0 Å². The fourth-order valence-electron chi connectivity index (χ4n) is 2.13. The Balaban J connectivity index is 2.29. The average molecular weight is 324 g/mol. The van der Waals surface area contributed by atoms with Gasteiger partial charge < -0.3 is 15.0 Å². The van der Waals surface area contributed by atoms with E-state index >= 15 is 0 Å². The third-order valence-electron chi connectivity index (χ3n) is 3.46. The van der Waals surface area contributed by atoms with Gasteiger partial charge in [0.1, 0.15) is 11.6 Å². The Morgan fingerprint density at radius 2 is 2.00 bits per heavy atom. The van der Waals surface area contributed by atoms with E-state index in [1.807, 2.05) is 13.8 Å². The molecule has 0 spiro atoms. The molecule has 1 unspecified atom stereocenters. The number of hydrogen-bond donors (Lipinski definition) is 1. The molecule has 0 aliphatic rings. The lowest BCUT2D eigenvalue weighted by Gasteiger charge is -2.18. The molecular weight excluding hydrogens is 299 g/mol. The molecule has 6 heteroatoms. The smallest absolute Gasteiger partial charge is 0.260 e. The van der Waals surface area contributed by atoms with E-state index in [-0.39, 0.29) is 11.8 Å². The van der Waals surface area contributed by atoms with Gasteiger partial charge in [0.15, 0.2) is 6.10 Å². The number of hydrogen-bond acceptors (Lipinski definition) is 3. The summed E-state index contributed by atoms with van der Waals surface area (Å²) in [5, 5.41) is 2.72. The Morgan fingerprint density at radius 3 is 2.61 bits per heavy atom. The Kier molecular flexibility index (Phi) is 8.08. The second-order valence-electron chi connectivity index (χ2n) is 5.18. The zero-order chi connectivity index (χ0) is 17.2. The topological polar surface area (TPSA) is 58.6 Å². The van der Waals surface area contributed by atoms with E-state index in [9.17, 15) is 14.0 Å². The summed E-state index contributed by atoms with van der Waals surface area (Å²) >= 11 is 0. The molecule has 2 amide bonds. The largest absolute Gasteiger partial charge is 0.481 e. The van der Waals surface area contributed by atoms with Crippen molar-refractivity contribution in [1.82, 2.24) is 10.2 Å². The average Bonchev–Trinajstić information content (AvgIpc) is 2.52. The van der Waals surface area contributed by atoms with Gasteiger partial charge in [0, 0.05) is 32.1 Å². The molecule has 23 heavy (non-hydrogen) atoms. The molecule has 1 rings (SSSR count). The monoisotopic (exact) mass is 324 g/mol. The molecule has 1 aromatic carbocycles. The van der Waals surface area contributed by atoms with Crippen LogP contribution in [-0.2, 0) is 9.59 Å². The predicted octanol–water partition coefficient (Wildman–Crippen LogP) is 2.36. The number of ether oxygens (including phenoxy) is 1. The highest BCUT2D eigenvalue weighted by Gasteiger charge is 2.15. The van der Waals surface area contributed by atoms with Crippen molar-refractivity contribution in [2.75, 3.05) is 19.6 Å². The first-order valence-corrected chi connectivity index (χ1v) is 7.95. The van der Waals surface area contributed by atoms with Gasteiger partial charge in [0.25, 0.3) is 5.91 Å². The van der Waals surface area contributed by atoms with Crippen LogP contribution in [0.3, 0.4) is 0 Å². The van der Waals surface area contributed by atoms with Gasteiger partial charge in [-0.3, -0.25) is 9.59 Å². The number of carbonyl (C=O) groups excluding carboxylic acids is 2. The third-order valence-corrected chi connectivity index (χ3v) is 3.46. The number of carbonyl (C=O) groups is 2. The Morgan fingerprint density at radius 1 is 1.30 bits per heavy atom. The lowest BCUT2D eigenvalue weighted by Crippen LogP contribution is -2.37. The minimum atomic E-state index is -0.727. The van der Waals surface area contributed by atoms with Crippen LogP contribution >= 0.6 is 0 Å². The standard InChI is InChI=1S/C17H25FN2O3/c1-4-20(5-2)16(21)10-7-11-19-17(22)13(3)23-15-9-6-8-14(18)12-15/h6,8-9,12-13H,4-5,7,10-11H2,1-3H3,(H,19,22). The van der Waals surface area contributed by atoms with Crippen molar-refractivity contribution >= 4 is 11.8 Å². The quantitative estimate of drug-likeness (QED) is 0.710. The molecule has 0 aliphatic carbocycles. The first-order valence-electron chi connectivity index (χ1n) is 7.95. The fraction of sp³-hybridized carbons (Fsp3) is 0.529. The number of nitrogens with one attached hydrogen (secondary N) is 1. The normalized spacial score (nSPS) is 11.7. The van der Waals surface area contributed by atoms with Crippen LogP contribution in [-0.4, -0.2) is 42.5 Å². The van der Waals surface area contributed by atoms with Gasteiger partial charge in [-0.15, -0.1) is 0 Å². The highest BCUT2D eigenvalue weighted by Crippen LogP contribution is 2.13. The maximum atomic E-state index is 13.0. The van der Waals surface area contributed by atoms with Gasteiger partial charge in [-0.1, -0.05) is 6.07 Å². The third kappa shape index (κ3) is 6.67. The highest BCUT2D eigenvalue weighted by molar-refractivity contribution is 5.80. The number of benzene rings is 1. The summed E-state index contributed by atoms with van der Waals surface area (Å²) < 4.78 is 18.4. The molecule has 0 saturated carbocycles. The molecule has 0 saturated heterocycles. The molecule has 1 N–H and O–H groups in total. The van der Waals surface area contributed by atoms with Crippen molar-refractivity contribution in [3.63, 3.8) is 0 Å². The van der Waals surface area contributed by atoms with Gasteiger partial charge >= 0.3 is 0 Å². The summed E-state index contributed by atoms with van der Waals surface area (Å²) in [6, 6.07) is 5.65. The second kappa shape index (κ2) is 9.82. The van der Waals surface area contributed by atoms with E-state index in [4.69, 9.17) is 4.74 Å². The van der Waals surface area contributed by atoms with Crippen LogP contribution in [0.5, 0.6) is 5.75 Å². The number of nitrogens with zero attached hydrogens (tertiary/aromatic N) is 1. The van der Waals surface area contributed by atoms with Crippen molar-refractivity contribution in [3.8, 4) is 5.75 Å². The lowest BCUT2D eigenvalue weighted by atomic mass is 10.2. The second-order valence-corrected chi connectivity index (χ2v) is 5.18. The van der Waals surface area contributed by atoms with Crippen molar-refractivity contribution in [3.05, 3.63) is 30.1 Å². The van der Waals surface area contributed by atoms with Crippen LogP contribution in [0.4, 0.5) is 4.39 Å². The Hall–Kier alpha value is -2.11. The molecule has 0 aromatic heterocycles. The van der Waals surface area contributed by atoms with Crippen LogP contribution in [0, 0.1) is 5.82 Å². The maximum absolute atomic E-state index is 13.0. The molecule has 5 nitrogen and oxygen atoms in total. The maximum Gasteiger partial charge on any atom is 0.260 e. The van der Waals surface area contributed by atoms with E-state index in [1.165, 1.54) is 18.2 Å². The zero-order valence-corrected chi connectivity index (χ0v) is 14.0. The van der Waals surface area contributed by atoms with E-state index in [0.29, 0.717) is 38.2 Å². The molecule has 0 heterocycles. The summed E-state index contributed by atoms with van der Waals surface area (Å²) in [7, 11) is 0. The molecule has 0 fully saturated rings. The fourth-order valence-corrected chi connectivity index (χ4v) is 2.13. The first kappa shape index (κ1) is 18.9. The van der Waals surface area contributed by atoms with Crippen LogP contribution in [0.25, 0.3) is 0 Å². The van der Waals surface area contributed by atoms with Crippen LogP contribution in [0.15, 0.2) is 24.3 Å². The molecule has 1 atom stereocenters. The molecule has 1 aromatic rings. The number of amides is 2. The summed E-state index contributed by atoms with van der Waals surface area (Å²) in [5.41, 5.74) is 0. The summed E-state index contributed by atoms with van der Waals surface area (Å²) in [6.45, 7) is 7.27. The van der Waals surface area contributed by atoms with E-state index in [0.717, 1.165) is 0 Å². The molecule has 0 radical (unpaired) electrons. The van der Waals surface area contributed by atoms with E-state index in [2.05, 4.69) is 5.32 Å². The minimum absolute atomic E-state index is 0.0910. The number of halogens is 1. The summed E-state index contributed by atoms with van der Waals surface area (Å²) in [4.78, 5) is 25.5. The number of rotatable bonds is 9. The molecule has 128 valence electrons. The van der Waals surface area contributed by atoms with E-state index < -0.39 is 11.9 Å². The SMILES string of the molecule is CCN(CC)C(=O)CCCNC(=O)C(C)Oc1cccc(F)c1. The van der Waals surface area contributed by atoms with E-state index in [1.54, 1.807) is 17.9 Å². The minimum Gasteiger partial charge on any atom is -0.481 e. The predicted molar refractivity (Wildman–Crippen MR) is 86.7 cm³/mol. The van der Waals surface area contributed by atoms with Crippen molar-refractivity contribution in [2.45, 2.75) is 39.7 Å². The van der Waals surface area contributed by atoms with Gasteiger partial charge in [0.05, 0.1) is 0 Å². The van der Waals surface area contributed by atoms with Crippen molar-refractivity contribution in [2.24, 2.45) is 0 Å². The van der Waals surface area contributed by atoms with Crippen LogP contribution in [0.1, 0.15) is 33.6 Å². The Bertz CT molecular complexity index is 518. The van der Waals surface area contributed by atoms with Crippen molar-refractivity contribution < 1.29 is 18.7 Å². The van der Waals surface area contributed by atoms with Crippen molar-refractivity contribution in [1.29, 1.82) is 0 Å². The summed E-state index contributed by atoms with van der Waals surface area (Å²) in [5.74, 6) is -0.299. The summed E-state index contributed by atoms with van der Waals surface area (Å²) in [6.07, 6.45) is 0.254. The van der Waals surface area contributed by atoms with Gasteiger partial charge in [-0.2, -0.15) is 0 Å². The zero-order valence-electron chi connectivity index (χ0n) is 14.0. The van der Waals surface area contributed by atoms with Gasteiger partial charge in [-0.05, 0) is 39.3 Å². The van der Waals surface area contributed by atoms with Gasteiger partial charge in [-0.25, -0.2) is 4.39 Å². The van der Waals surface area contributed by atoms with Gasteiger partial charge in [0.2, 0.25) is 5.91 Å². The lowest BCUT2D eigenvalue weighted by molar-refractivity contribution is -0.131. The molecule has 0 aliphatic heterocycles.